The third-order valence-electron chi connectivity index (χ3n) is 1.57. The first-order valence-corrected chi connectivity index (χ1v) is 4.74. The molecule has 0 spiro atoms. The number of nitrogens with one attached hydrogen (secondary N) is 1. The van der Waals surface area contributed by atoms with Crippen molar-refractivity contribution >= 4 is 17.5 Å². The number of allylic oxidation sites excluding steroid dienone is 1. The van der Waals surface area contributed by atoms with Crippen molar-refractivity contribution in [3.05, 3.63) is 30.4 Å². The quantitative estimate of drug-likeness (QED) is 0.598. The Morgan fingerprint density at radius 1 is 1.71 bits per heavy atom. The van der Waals surface area contributed by atoms with Crippen LogP contribution in [0.1, 0.15) is 10.5 Å². The average molecular weight is 214 g/mol. The summed E-state index contributed by atoms with van der Waals surface area (Å²) in [6.07, 6.45) is 6.83. The molecule has 1 rings (SSSR count). The lowest BCUT2D eigenvalue weighted by molar-refractivity contribution is 0.0953. The topological polar surface area (TPSA) is 46.9 Å². The predicted octanol–water partition coefficient (Wildman–Crippen LogP) is 0.945. The van der Waals surface area contributed by atoms with Gasteiger partial charge in [-0.15, -0.1) is 11.6 Å². The molecule has 0 atom stereocenters. The minimum atomic E-state index is -0.176. The lowest BCUT2D eigenvalue weighted by Gasteiger charge is -1.97. The Hall–Kier alpha value is -1.29. The Bertz CT molecular complexity index is 333. The number of aryl methyl sites for hydroxylation is 1. The number of rotatable bonds is 4. The molecule has 1 aromatic rings. The highest BCUT2D eigenvalue weighted by molar-refractivity contribution is 6.18. The van der Waals surface area contributed by atoms with Crippen LogP contribution in [0.25, 0.3) is 0 Å². The Morgan fingerprint density at radius 2 is 2.50 bits per heavy atom. The smallest absolute Gasteiger partial charge is 0.271 e. The minimum Gasteiger partial charge on any atom is -0.347 e. The molecule has 1 N–H and O–H groups in total. The first-order valence-electron chi connectivity index (χ1n) is 4.21. The summed E-state index contributed by atoms with van der Waals surface area (Å²) in [4.78, 5) is 15.3. The summed E-state index contributed by atoms with van der Waals surface area (Å²) in [7, 11) is 1.82. The summed E-state index contributed by atoms with van der Waals surface area (Å²) < 4.78 is 1.73. The fraction of sp³-hybridized carbons (Fsp3) is 0.333. The molecule has 0 aliphatic rings. The normalized spacial score (nSPS) is 10.7. The summed E-state index contributed by atoms with van der Waals surface area (Å²) in [5.74, 6) is 0.282. The Labute approximate surface area is 87.6 Å². The number of hydrogen-bond donors (Lipinski definition) is 1. The third-order valence-corrected chi connectivity index (χ3v) is 1.75. The van der Waals surface area contributed by atoms with Gasteiger partial charge in [0.2, 0.25) is 0 Å². The highest BCUT2D eigenvalue weighted by Gasteiger charge is 2.05. The molecule has 0 bridgehead atoms. The van der Waals surface area contributed by atoms with E-state index in [1.807, 2.05) is 7.05 Å². The second-order valence-electron chi connectivity index (χ2n) is 2.76. The molecule has 5 heteroatoms. The van der Waals surface area contributed by atoms with Gasteiger partial charge in [-0.2, -0.15) is 0 Å². The van der Waals surface area contributed by atoms with E-state index in [0.717, 1.165) is 0 Å². The van der Waals surface area contributed by atoms with Crippen LogP contribution >= 0.6 is 11.6 Å². The number of aromatic nitrogens is 2. The SMILES string of the molecule is Cn1cnc(C(=O)NC/C=C/CCl)c1. The third kappa shape index (κ3) is 3.22. The zero-order valence-corrected chi connectivity index (χ0v) is 8.66. The number of alkyl halides is 1. The van der Waals surface area contributed by atoms with Gasteiger partial charge in [0.15, 0.2) is 0 Å². The average Bonchev–Trinajstić information content (AvgIpc) is 2.59. The number of halogens is 1. The zero-order chi connectivity index (χ0) is 10.4. The van der Waals surface area contributed by atoms with Crippen molar-refractivity contribution < 1.29 is 4.79 Å². The number of nitrogens with zero attached hydrogens (tertiary/aromatic N) is 2. The van der Waals surface area contributed by atoms with E-state index < -0.39 is 0 Å². The van der Waals surface area contributed by atoms with Crippen molar-refractivity contribution in [3.8, 4) is 0 Å². The van der Waals surface area contributed by atoms with Crippen molar-refractivity contribution in [2.24, 2.45) is 7.05 Å². The first kappa shape index (κ1) is 10.8. The van der Waals surface area contributed by atoms with Gasteiger partial charge < -0.3 is 9.88 Å². The standard InChI is InChI=1S/C9H12ClN3O/c1-13-6-8(12-7-13)9(14)11-5-3-2-4-10/h2-3,6-7H,4-5H2,1H3,(H,11,14)/b3-2+. The van der Waals surface area contributed by atoms with Gasteiger partial charge >= 0.3 is 0 Å². The molecule has 4 nitrogen and oxygen atoms in total. The van der Waals surface area contributed by atoms with Gasteiger partial charge in [0.1, 0.15) is 5.69 Å². The van der Waals surface area contributed by atoms with Gasteiger partial charge in [0, 0.05) is 25.7 Å². The monoisotopic (exact) mass is 213 g/mol. The Morgan fingerprint density at radius 3 is 3.07 bits per heavy atom. The number of amides is 1. The van der Waals surface area contributed by atoms with E-state index in [1.54, 1.807) is 29.2 Å². The lowest BCUT2D eigenvalue weighted by Crippen LogP contribution is -2.23. The summed E-state index contributed by atoms with van der Waals surface area (Å²) in [6, 6.07) is 0. The van der Waals surface area contributed by atoms with E-state index in [9.17, 15) is 4.79 Å². The minimum absolute atomic E-state index is 0.176. The van der Waals surface area contributed by atoms with Gasteiger partial charge in [0.05, 0.1) is 6.33 Å². The van der Waals surface area contributed by atoms with E-state index in [2.05, 4.69) is 10.3 Å². The molecular formula is C9H12ClN3O. The van der Waals surface area contributed by atoms with Crippen molar-refractivity contribution in [3.63, 3.8) is 0 Å². The lowest BCUT2D eigenvalue weighted by atomic mass is 10.4. The highest BCUT2D eigenvalue weighted by atomic mass is 35.5. The van der Waals surface area contributed by atoms with Crippen LogP contribution < -0.4 is 5.32 Å². The molecule has 0 aromatic carbocycles. The number of hydrogen-bond acceptors (Lipinski definition) is 2. The van der Waals surface area contributed by atoms with Gasteiger partial charge in [-0.05, 0) is 0 Å². The molecule has 14 heavy (non-hydrogen) atoms. The van der Waals surface area contributed by atoms with Crippen molar-refractivity contribution in [1.29, 1.82) is 0 Å². The van der Waals surface area contributed by atoms with Crippen LogP contribution in [-0.2, 0) is 7.05 Å². The molecule has 0 aliphatic carbocycles. The van der Waals surface area contributed by atoms with E-state index in [0.29, 0.717) is 18.1 Å². The molecule has 0 unspecified atom stereocenters. The number of carbonyl (C=O) groups excluding carboxylic acids is 1. The van der Waals surface area contributed by atoms with Crippen LogP contribution in [0.4, 0.5) is 0 Å². The maximum absolute atomic E-state index is 11.4. The highest BCUT2D eigenvalue weighted by Crippen LogP contribution is 1.92. The Kier molecular flexibility index (Phi) is 4.19. The summed E-state index contributed by atoms with van der Waals surface area (Å²) in [5.41, 5.74) is 0.423. The number of imidazole rings is 1. The van der Waals surface area contributed by atoms with Gasteiger partial charge in [-0.1, -0.05) is 12.2 Å². The fourth-order valence-electron chi connectivity index (χ4n) is 0.919. The zero-order valence-electron chi connectivity index (χ0n) is 7.90. The molecule has 0 fully saturated rings. The molecule has 76 valence electrons. The molecule has 0 radical (unpaired) electrons. The van der Waals surface area contributed by atoms with Crippen molar-refractivity contribution in [1.82, 2.24) is 14.9 Å². The Balaban J connectivity index is 2.39. The van der Waals surface area contributed by atoms with Crippen LogP contribution in [-0.4, -0.2) is 27.9 Å². The molecular weight excluding hydrogens is 202 g/mol. The maximum Gasteiger partial charge on any atom is 0.271 e. The van der Waals surface area contributed by atoms with Crippen LogP contribution in [0, 0.1) is 0 Å². The molecule has 1 heterocycles. The fourth-order valence-corrected chi connectivity index (χ4v) is 1.04. The summed E-state index contributed by atoms with van der Waals surface area (Å²) in [6.45, 7) is 0.474. The molecule has 0 saturated carbocycles. The van der Waals surface area contributed by atoms with E-state index in [1.165, 1.54) is 0 Å². The molecule has 1 aromatic heterocycles. The second kappa shape index (κ2) is 5.44. The van der Waals surface area contributed by atoms with Gasteiger partial charge in [-0.25, -0.2) is 4.98 Å². The molecule has 0 saturated heterocycles. The molecule has 0 aliphatic heterocycles. The second-order valence-corrected chi connectivity index (χ2v) is 3.07. The van der Waals surface area contributed by atoms with E-state index >= 15 is 0 Å². The largest absolute Gasteiger partial charge is 0.347 e. The number of carbonyl (C=O) groups is 1. The summed E-state index contributed by atoms with van der Waals surface area (Å²) >= 11 is 5.42. The van der Waals surface area contributed by atoms with Gasteiger partial charge in [0.25, 0.3) is 5.91 Å². The van der Waals surface area contributed by atoms with Gasteiger partial charge in [-0.3, -0.25) is 4.79 Å². The summed E-state index contributed by atoms with van der Waals surface area (Å²) in [5, 5.41) is 2.69. The van der Waals surface area contributed by atoms with Crippen molar-refractivity contribution in [2.45, 2.75) is 0 Å². The first-order chi connectivity index (χ1) is 6.74. The maximum atomic E-state index is 11.4. The van der Waals surface area contributed by atoms with Crippen LogP contribution in [0.5, 0.6) is 0 Å². The predicted molar refractivity (Wildman–Crippen MR) is 55.4 cm³/mol. The van der Waals surface area contributed by atoms with E-state index in [-0.39, 0.29) is 5.91 Å². The van der Waals surface area contributed by atoms with Crippen LogP contribution in [0.3, 0.4) is 0 Å². The molecule has 1 amide bonds. The van der Waals surface area contributed by atoms with Crippen LogP contribution in [0.2, 0.25) is 0 Å². The van der Waals surface area contributed by atoms with Crippen molar-refractivity contribution in [2.75, 3.05) is 12.4 Å². The van der Waals surface area contributed by atoms with E-state index in [4.69, 9.17) is 11.6 Å². The van der Waals surface area contributed by atoms with Crippen LogP contribution in [0.15, 0.2) is 24.7 Å².